The van der Waals surface area contributed by atoms with E-state index in [4.69, 9.17) is 4.74 Å². The van der Waals surface area contributed by atoms with Crippen molar-refractivity contribution in [3.63, 3.8) is 0 Å². The molecule has 6 heteroatoms. The van der Waals surface area contributed by atoms with Crippen LogP contribution in [0.3, 0.4) is 0 Å². The third-order valence-electron chi connectivity index (χ3n) is 3.85. The molecule has 1 aliphatic heterocycles. The van der Waals surface area contributed by atoms with Crippen LogP contribution in [0.15, 0.2) is 4.99 Å². The maximum Gasteiger partial charge on any atom is 0.191 e. The van der Waals surface area contributed by atoms with Crippen LogP contribution >= 0.6 is 24.0 Å². The molecule has 0 atom stereocenters. The van der Waals surface area contributed by atoms with Crippen molar-refractivity contribution in [2.45, 2.75) is 46.5 Å². The summed E-state index contributed by atoms with van der Waals surface area (Å²) in [5, 5.41) is 6.76. The van der Waals surface area contributed by atoms with E-state index in [1.54, 1.807) is 0 Å². The van der Waals surface area contributed by atoms with Crippen LogP contribution in [0.5, 0.6) is 0 Å². The Morgan fingerprint density at radius 1 is 1.13 bits per heavy atom. The Labute approximate surface area is 160 Å². The first-order valence-corrected chi connectivity index (χ1v) is 9.04. The number of aliphatic imine (C=N–C) groups is 1. The van der Waals surface area contributed by atoms with Crippen LogP contribution < -0.4 is 10.6 Å². The van der Waals surface area contributed by atoms with Crippen molar-refractivity contribution in [2.75, 3.05) is 52.5 Å². The maximum atomic E-state index is 5.37. The predicted molar refractivity (Wildman–Crippen MR) is 110 cm³/mol. The molecule has 0 amide bonds. The monoisotopic (exact) mass is 440 g/mol. The predicted octanol–water partition coefficient (Wildman–Crippen LogP) is 2.71. The molecule has 0 unspecified atom stereocenters. The van der Waals surface area contributed by atoms with Crippen LogP contribution in [-0.2, 0) is 4.74 Å². The summed E-state index contributed by atoms with van der Waals surface area (Å²) in [4.78, 5) is 7.13. The van der Waals surface area contributed by atoms with Gasteiger partial charge in [-0.05, 0) is 25.7 Å². The third-order valence-corrected chi connectivity index (χ3v) is 3.85. The Bertz CT molecular complexity index is 294. The summed E-state index contributed by atoms with van der Waals surface area (Å²) >= 11 is 0. The van der Waals surface area contributed by atoms with Gasteiger partial charge in [-0.2, -0.15) is 0 Å². The number of halogens is 1. The highest BCUT2D eigenvalue weighted by molar-refractivity contribution is 14.0. The van der Waals surface area contributed by atoms with Crippen molar-refractivity contribution >= 4 is 29.9 Å². The van der Waals surface area contributed by atoms with E-state index in [0.717, 1.165) is 70.8 Å². The van der Waals surface area contributed by atoms with E-state index >= 15 is 0 Å². The molecule has 5 nitrogen and oxygen atoms in total. The first-order valence-electron chi connectivity index (χ1n) is 9.04. The van der Waals surface area contributed by atoms with Crippen molar-refractivity contribution in [3.8, 4) is 0 Å². The van der Waals surface area contributed by atoms with Gasteiger partial charge in [0.15, 0.2) is 5.96 Å². The molecule has 23 heavy (non-hydrogen) atoms. The topological polar surface area (TPSA) is 48.9 Å². The van der Waals surface area contributed by atoms with E-state index in [0.29, 0.717) is 0 Å². The number of morpholine rings is 1. The van der Waals surface area contributed by atoms with Gasteiger partial charge in [0.1, 0.15) is 0 Å². The first-order chi connectivity index (χ1) is 10.7. The van der Waals surface area contributed by atoms with Crippen molar-refractivity contribution in [3.05, 3.63) is 0 Å². The van der Waals surface area contributed by atoms with Crippen molar-refractivity contribution in [2.24, 2.45) is 10.9 Å². The van der Waals surface area contributed by atoms with Crippen LogP contribution in [-0.4, -0.2) is 63.3 Å². The molecule has 0 aromatic heterocycles. The number of hydrogen-bond acceptors (Lipinski definition) is 3. The van der Waals surface area contributed by atoms with Crippen molar-refractivity contribution < 1.29 is 4.74 Å². The van der Waals surface area contributed by atoms with Gasteiger partial charge in [-0.25, -0.2) is 0 Å². The van der Waals surface area contributed by atoms with Crippen LogP contribution in [0, 0.1) is 5.92 Å². The van der Waals surface area contributed by atoms with Crippen LogP contribution in [0.4, 0.5) is 0 Å². The molecule has 138 valence electrons. The number of unbranched alkanes of at least 4 members (excludes halogenated alkanes) is 1. The summed E-state index contributed by atoms with van der Waals surface area (Å²) in [5.74, 6) is 1.77. The molecule has 0 bridgehead atoms. The first kappa shape index (κ1) is 22.9. The molecule has 1 heterocycles. The van der Waals surface area contributed by atoms with Gasteiger partial charge in [0.2, 0.25) is 0 Å². The Kier molecular flexibility index (Phi) is 15.4. The highest BCUT2D eigenvalue weighted by atomic mass is 127. The molecule has 0 radical (unpaired) electrons. The number of ether oxygens (including phenoxy) is 1. The van der Waals surface area contributed by atoms with E-state index in [1.807, 2.05) is 0 Å². The average molecular weight is 440 g/mol. The summed E-state index contributed by atoms with van der Waals surface area (Å²) in [6, 6.07) is 0. The van der Waals surface area contributed by atoms with Gasteiger partial charge < -0.3 is 15.4 Å². The second kappa shape index (κ2) is 15.4. The minimum Gasteiger partial charge on any atom is -0.379 e. The number of guanidine groups is 1. The zero-order valence-corrected chi connectivity index (χ0v) is 17.6. The van der Waals surface area contributed by atoms with E-state index in [-0.39, 0.29) is 24.0 Å². The SMILES string of the molecule is CCNC(=NCCCN1CCOCC1)NCCCCC(C)C.I. The van der Waals surface area contributed by atoms with E-state index in [9.17, 15) is 0 Å². The summed E-state index contributed by atoms with van der Waals surface area (Å²) in [6.45, 7) is 14.5. The van der Waals surface area contributed by atoms with Crippen LogP contribution in [0.25, 0.3) is 0 Å². The highest BCUT2D eigenvalue weighted by Crippen LogP contribution is 2.05. The molecule has 0 saturated carbocycles. The number of nitrogens with one attached hydrogen (secondary N) is 2. The zero-order chi connectivity index (χ0) is 16.0. The van der Waals surface area contributed by atoms with Crippen molar-refractivity contribution in [1.29, 1.82) is 0 Å². The Morgan fingerprint density at radius 2 is 1.87 bits per heavy atom. The molecule has 1 saturated heterocycles. The lowest BCUT2D eigenvalue weighted by atomic mass is 10.1. The largest absolute Gasteiger partial charge is 0.379 e. The van der Waals surface area contributed by atoms with Gasteiger partial charge >= 0.3 is 0 Å². The number of rotatable bonds is 10. The second-order valence-electron chi connectivity index (χ2n) is 6.38. The quantitative estimate of drug-likeness (QED) is 0.237. The summed E-state index contributed by atoms with van der Waals surface area (Å²) in [6.07, 6.45) is 4.94. The van der Waals surface area contributed by atoms with Crippen LogP contribution in [0.2, 0.25) is 0 Å². The summed E-state index contributed by atoms with van der Waals surface area (Å²) in [7, 11) is 0. The molecule has 2 N–H and O–H groups in total. The number of nitrogens with zero attached hydrogens (tertiary/aromatic N) is 2. The van der Waals surface area contributed by atoms with Gasteiger partial charge in [-0.1, -0.05) is 26.7 Å². The maximum absolute atomic E-state index is 5.37. The summed E-state index contributed by atoms with van der Waals surface area (Å²) in [5.41, 5.74) is 0. The Balaban J connectivity index is 0.00000484. The minimum absolute atomic E-state index is 0. The molecule has 1 fully saturated rings. The minimum atomic E-state index is 0. The van der Waals surface area contributed by atoms with Crippen molar-refractivity contribution in [1.82, 2.24) is 15.5 Å². The van der Waals surface area contributed by atoms with E-state index in [1.165, 1.54) is 19.3 Å². The fraction of sp³-hybridized carbons (Fsp3) is 0.941. The third kappa shape index (κ3) is 12.9. The fourth-order valence-corrected chi connectivity index (χ4v) is 2.54. The molecule has 0 aromatic carbocycles. The lowest BCUT2D eigenvalue weighted by molar-refractivity contribution is 0.0377. The number of hydrogen-bond donors (Lipinski definition) is 2. The molecule has 0 aliphatic carbocycles. The Hall–Kier alpha value is -0.0800. The highest BCUT2D eigenvalue weighted by Gasteiger charge is 2.08. The molecular formula is C17H37IN4O. The zero-order valence-electron chi connectivity index (χ0n) is 15.3. The van der Waals surface area contributed by atoms with Gasteiger partial charge in [0.05, 0.1) is 13.2 Å². The molecule has 0 aromatic rings. The second-order valence-corrected chi connectivity index (χ2v) is 6.38. The average Bonchev–Trinajstić information content (AvgIpc) is 2.51. The molecule has 1 rings (SSSR count). The van der Waals surface area contributed by atoms with Gasteiger partial charge in [-0.15, -0.1) is 24.0 Å². The normalized spacial score (nSPS) is 16.3. The lowest BCUT2D eigenvalue weighted by Gasteiger charge is -2.26. The van der Waals surface area contributed by atoms with Crippen LogP contribution in [0.1, 0.15) is 46.5 Å². The smallest absolute Gasteiger partial charge is 0.191 e. The fourth-order valence-electron chi connectivity index (χ4n) is 2.54. The van der Waals surface area contributed by atoms with Gasteiger partial charge in [0.25, 0.3) is 0 Å². The molecular weight excluding hydrogens is 403 g/mol. The van der Waals surface area contributed by atoms with Gasteiger partial charge in [-0.3, -0.25) is 9.89 Å². The lowest BCUT2D eigenvalue weighted by Crippen LogP contribution is -2.38. The van der Waals surface area contributed by atoms with E-state index in [2.05, 4.69) is 41.3 Å². The van der Waals surface area contributed by atoms with Gasteiger partial charge in [0, 0.05) is 39.3 Å². The molecule has 0 spiro atoms. The standard InChI is InChI=1S/C17H36N4O.HI/c1-4-18-17(19-9-6-5-8-16(2)3)20-10-7-11-21-12-14-22-15-13-21;/h16H,4-15H2,1-3H3,(H2,18,19,20);1H. The summed E-state index contributed by atoms with van der Waals surface area (Å²) < 4.78 is 5.37. The molecule has 1 aliphatic rings. The Morgan fingerprint density at radius 3 is 2.52 bits per heavy atom. The van der Waals surface area contributed by atoms with E-state index < -0.39 is 0 Å².